The Labute approximate surface area is 147 Å². The van der Waals surface area contributed by atoms with Crippen molar-refractivity contribution in [2.75, 3.05) is 25.1 Å². The molecule has 1 aliphatic rings. The van der Waals surface area contributed by atoms with Crippen LogP contribution in [-0.4, -0.2) is 50.4 Å². The monoisotopic (exact) mass is 344 g/mol. The van der Waals surface area contributed by atoms with Crippen molar-refractivity contribution in [1.29, 1.82) is 0 Å². The highest BCUT2D eigenvalue weighted by Gasteiger charge is 2.27. The lowest BCUT2D eigenvalue weighted by molar-refractivity contribution is -0.132. The minimum Gasteiger partial charge on any atom is -0.342 e. The topological polar surface area (TPSA) is 51.0 Å². The zero-order valence-corrected chi connectivity index (χ0v) is 14.9. The van der Waals surface area contributed by atoms with Gasteiger partial charge >= 0.3 is 0 Å². The molecule has 3 rings (SSSR count). The SMILES string of the molecule is CSCCC(=O)N1CCC[C@H](c2nccn2Cc2ccncc2)C1. The van der Waals surface area contributed by atoms with Gasteiger partial charge in [0.25, 0.3) is 0 Å². The lowest BCUT2D eigenvalue weighted by Crippen LogP contribution is -2.39. The van der Waals surface area contributed by atoms with Gasteiger partial charge in [0.1, 0.15) is 5.82 Å². The molecule has 0 aliphatic carbocycles. The number of pyridine rings is 1. The second kappa shape index (κ2) is 8.33. The van der Waals surface area contributed by atoms with Crippen LogP contribution in [0, 0.1) is 0 Å². The summed E-state index contributed by atoms with van der Waals surface area (Å²) in [6.07, 6.45) is 12.4. The summed E-state index contributed by atoms with van der Waals surface area (Å²) in [7, 11) is 0. The average molecular weight is 344 g/mol. The van der Waals surface area contributed by atoms with E-state index < -0.39 is 0 Å². The number of nitrogens with zero attached hydrogens (tertiary/aromatic N) is 4. The van der Waals surface area contributed by atoms with Crippen molar-refractivity contribution in [3.63, 3.8) is 0 Å². The van der Waals surface area contributed by atoms with Crippen LogP contribution < -0.4 is 0 Å². The highest BCUT2D eigenvalue weighted by atomic mass is 32.2. The van der Waals surface area contributed by atoms with Crippen LogP contribution in [0.4, 0.5) is 0 Å². The molecule has 24 heavy (non-hydrogen) atoms. The molecule has 6 heteroatoms. The van der Waals surface area contributed by atoms with Crippen LogP contribution in [-0.2, 0) is 11.3 Å². The van der Waals surface area contributed by atoms with E-state index in [4.69, 9.17) is 0 Å². The van der Waals surface area contributed by atoms with Crippen LogP contribution in [0.3, 0.4) is 0 Å². The first-order valence-corrected chi connectivity index (χ1v) is 9.84. The van der Waals surface area contributed by atoms with Crippen molar-refractivity contribution in [2.45, 2.75) is 31.7 Å². The van der Waals surface area contributed by atoms with Crippen molar-refractivity contribution < 1.29 is 4.79 Å². The summed E-state index contributed by atoms with van der Waals surface area (Å²) in [5, 5.41) is 0. The van der Waals surface area contributed by atoms with E-state index in [0.717, 1.165) is 44.1 Å². The number of rotatable bonds is 6. The number of piperidine rings is 1. The molecule has 1 atom stereocenters. The highest BCUT2D eigenvalue weighted by molar-refractivity contribution is 7.98. The Kier molecular flexibility index (Phi) is 5.91. The molecule has 1 amide bonds. The van der Waals surface area contributed by atoms with Crippen LogP contribution in [0.15, 0.2) is 36.9 Å². The Hall–Kier alpha value is -1.82. The molecule has 1 saturated heterocycles. The van der Waals surface area contributed by atoms with E-state index >= 15 is 0 Å². The maximum Gasteiger partial charge on any atom is 0.223 e. The van der Waals surface area contributed by atoms with Gasteiger partial charge in [0, 0.05) is 62.5 Å². The number of thioether (sulfide) groups is 1. The first kappa shape index (κ1) is 17.0. The van der Waals surface area contributed by atoms with Crippen LogP contribution in [0.25, 0.3) is 0 Å². The first-order valence-electron chi connectivity index (χ1n) is 8.44. The fourth-order valence-electron chi connectivity index (χ4n) is 3.26. The Morgan fingerprint density at radius 2 is 2.17 bits per heavy atom. The molecule has 128 valence electrons. The molecule has 0 unspecified atom stereocenters. The number of carbonyl (C=O) groups is 1. The molecule has 0 radical (unpaired) electrons. The smallest absolute Gasteiger partial charge is 0.223 e. The van der Waals surface area contributed by atoms with Gasteiger partial charge in [-0.15, -0.1) is 0 Å². The maximum atomic E-state index is 12.3. The fraction of sp³-hybridized carbons (Fsp3) is 0.500. The maximum absolute atomic E-state index is 12.3. The van der Waals surface area contributed by atoms with E-state index in [2.05, 4.69) is 14.5 Å². The Morgan fingerprint density at radius 3 is 2.96 bits per heavy atom. The summed E-state index contributed by atoms with van der Waals surface area (Å²) < 4.78 is 2.20. The number of hydrogen-bond acceptors (Lipinski definition) is 4. The number of aromatic nitrogens is 3. The van der Waals surface area contributed by atoms with Crippen molar-refractivity contribution in [3.8, 4) is 0 Å². The van der Waals surface area contributed by atoms with Crippen LogP contribution in [0.2, 0.25) is 0 Å². The number of carbonyl (C=O) groups excluding carboxylic acids is 1. The minimum atomic E-state index is 0.279. The Morgan fingerprint density at radius 1 is 1.33 bits per heavy atom. The molecule has 0 spiro atoms. The molecule has 0 N–H and O–H groups in total. The van der Waals surface area contributed by atoms with E-state index in [1.54, 1.807) is 11.8 Å². The average Bonchev–Trinajstić information content (AvgIpc) is 3.09. The summed E-state index contributed by atoms with van der Waals surface area (Å²) in [6.45, 7) is 2.48. The van der Waals surface area contributed by atoms with Crippen molar-refractivity contribution in [3.05, 3.63) is 48.3 Å². The molecule has 2 aromatic rings. The normalized spacial score (nSPS) is 17.9. The number of imidazole rings is 1. The molecule has 5 nitrogen and oxygen atoms in total. The lowest BCUT2D eigenvalue weighted by atomic mass is 9.96. The predicted molar refractivity (Wildman–Crippen MR) is 97.1 cm³/mol. The third kappa shape index (κ3) is 4.17. The summed E-state index contributed by atoms with van der Waals surface area (Å²) in [5.74, 6) is 2.60. The van der Waals surface area contributed by atoms with E-state index in [1.165, 1.54) is 5.56 Å². The van der Waals surface area contributed by atoms with Crippen LogP contribution in [0.1, 0.15) is 36.6 Å². The van der Waals surface area contributed by atoms with Gasteiger partial charge in [-0.25, -0.2) is 4.98 Å². The van der Waals surface area contributed by atoms with Gasteiger partial charge in [-0.05, 0) is 36.8 Å². The molecule has 3 heterocycles. The van der Waals surface area contributed by atoms with E-state index in [0.29, 0.717) is 12.3 Å². The highest BCUT2D eigenvalue weighted by Crippen LogP contribution is 2.26. The van der Waals surface area contributed by atoms with E-state index in [9.17, 15) is 4.79 Å². The molecule has 0 aromatic carbocycles. The largest absolute Gasteiger partial charge is 0.342 e. The Balaban J connectivity index is 1.68. The minimum absolute atomic E-state index is 0.279. The summed E-state index contributed by atoms with van der Waals surface area (Å²) in [6, 6.07) is 4.06. The van der Waals surface area contributed by atoms with Crippen LogP contribution in [0.5, 0.6) is 0 Å². The standard InChI is InChI=1S/C18H24N4OS/c1-24-12-6-17(23)21-10-2-3-16(14-21)18-20-9-11-22(18)13-15-4-7-19-8-5-15/h4-5,7-9,11,16H,2-3,6,10,12-14H2,1H3/t16-/m0/s1. The van der Waals surface area contributed by atoms with Gasteiger partial charge < -0.3 is 9.47 Å². The van der Waals surface area contributed by atoms with Gasteiger partial charge in [-0.3, -0.25) is 9.78 Å². The van der Waals surface area contributed by atoms with Gasteiger partial charge in [0.2, 0.25) is 5.91 Å². The van der Waals surface area contributed by atoms with Gasteiger partial charge in [0.15, 0.2) is 0 Å². The van der Waals surface area contributed by atoms with Gasteiger partial charge in [-0.1, -0.05) is 0 Å². The third-order valence-corrected chi connectivity index (χ3v) is 5.12. The van der Waals surface area contributed by atoms with Gasteiger partial charge in [-0.2, -0.15) is 11.8 Å². The quantitative estimate of drug-likeness (QED) is 0.808. The molecule has 1 fully saturated rings. The molecule has 1 aliphatic heterocycles. The fourth-order valence-corrected chi connectivity index (χ4v) is 3.64. The summed E-state index contributed by atoms with van der Waals surface area (Å²) in [4.78, 5) is 23.0. The van der Waals surface area contributed by atoms with E-state index in [-0.39, 0.29) is 5.91 Å². The Bertz CT molecular complexity index is 658. The second-order valence-corrected chi connectivity index (χ2v) is 7.18. The van der Waals surface area contributed by atoms with Crippen molar-refractivity contribution in [1.82, 2.24) is 19.4 Å². The number of likely N-dealkylation sites (tertiary alicyclic amines) is 1. The van der Waals surface area contributed by atoms with Crippen molar-refractivity contribution >= 4 is 17.7 Å². The van der Waals surface area contributed by atoms with Crippen LogP contribution >= 0.6 is 11.8 Å². The molecule has 0 saturated carbocycles. The van der Waals surface area contributed by atoms with E-state index in [1.807, 2.05) is 48.1 Å². The summed E-state index contributed by atoms with van der Waals surface area (Å²) in [5.41, 5.74) is 1.22. The lowest BCUT2D eigenvalue weighted by Gasteiger charge is -2.32. The summed E-state index contributed by atoms with van der Waals surface area (Å²) >= 11 is 1.73. The molecular weight excluding hydrogens is 320 g/mol. The molecule has 0 bridgehead atoms. The van der Waals surface area contributed by atoms with Gasteiger partial charge in [0.05, 0.1) is 0 Å². The zero-order valence-electron chi connectivity index (χ0n) is 14.1. The second-order valence-electron chi connectivity index (χ2n) is 6.19. The number of hydrogen-bond donors (Lipinski definition) is 0. The number of amides is 1. The van der Waals surface area contributed by atoms with Crippen molar-refractivity contribution in [2.24, 2.45) is 0 Å². The molecular formula is C18H24N4OS. The third-order valence-electron chi connectivity index (χ3n) is 4.51. The zero-order chi connectivity index (χ0) is 16.8. The predicted octanol–water partition coefficient (Wildman–Crippen LogP) is 2.79. The first-order chi connectivity index (χ1) is 11.8. The molecule has 2 aromatic heterocycles.